The molecule has 1 N–H and O–H groups in total. The third-order valence-electron chi connectivity index (χ3n) is 9.13. The van der Waals surface area contributed by atoms with E-state index in [9.17, 15) is 9.59 Å². The molecule has 5 aromatic carbocycles. The summed E-state index contributed by atoms with van der Waals surface area (Å²) in [6.45, 7) is 0.662. The molecule has 0 aromatic heterocycles. The van der Waals surface area contributed by atoms with Crippen LogP contribution in [-0.4, -0.2) is 35.9 Å². The van der Waals surface area contributed by atoms with E-state index < -0.39 is 0 Å². The molecule has 2 saturated heterocycles. The molecule has 5 nitrogen and oxygen atoms in total. The van der Waals surface area contributed by atoms with Crippen molar-refractivity contribution in [2.24, 2.45) is 0 Å². The molecule has 2 aliphatic rings. The van der Waals surface area contributed by atoms with Gasteiger partial charge in [0.05, 0.1) is 7.11 Å². The predicted octanol–water partition coefficient (Wildman–Crippen LogP) is 8.27. The third kappa shape index (κ3) is 8.56. The number of nitrogens with one attached hydrogen (secondary N) is 1. The minimum Gasteiger partial charge on any atom is -0.497 e. The van der Waals surface area contributed by atoms with E-state index in [-0.39, 0.29) is 17.9 Å². The van der Waals surface area contributed by atoms with Crippen LogP contribution in [0.4, 0.5) is 0 Å². The van der Waals surface area contributed by atoms with Gasteiger partial charge >= 0.3 is 0 Å². The molecular weight excluding hydrogens is 580 g/mol. The van der Waals surface area contributed by atoms with Crippen LogP contribution >= 0.6 is 0 Å². The molecule has 2 atom stereocenters. The van der Waals surface area contributed by atoms with Crippen molar-refractivity contribution < 1.29 is 14.3 Å². The Morgan fingerprint density at radius 2 is 1.11 bits per heavy atom. The van der Waals surface area contributed by atoms with Gasteiger partial charge in [-0.1, -0.05) is 121 Å². The summed E-state index contributed by atoms with van der Waals surface area (Å²) in [5.41, 5.74) is 8.63. The number of rotatable bonds is 9. The van der Waals surface area contributed by atoms with E-state index in [0.29, 0.717) is 25.4 Å². The molecule has 0 bridgehead atoms. The molecule has 0 aliphatic carbocycles. The number of amides is 2. The summed E-state index contributed by atoms with van der Waals surface area (Å²) in [6, 6.07) is 46.7. The van der Waals surface area contributed by atoms with Crippen molar-refractivity contribution in [3.05, 3.63) is 150 Å². The zero-order chi connectivity index (χ0) is 32.4. The lowest BCUT2D eigenvalue weighted by Crippen LogP contribution is -2.33. The van der Waals surface area contributed by atoms with Crippen LogP contribution in [0.1, 0.15) is 42.4 Å². The molecule has 2 amide bonds. The van der Waals surface area contributed by atoms with Gasteiger partial charge < -0.3 is 15.0 Å². The summed E-state index contributed by atoms with van der Waals surface area (Å²) >= 11 is 0. The summed E-state index contributed by atoms with van der Waals surface area (Å²) in [6.07, 6.45) is 5.03. The first-order valence-corrected chi connectivity index (χ1v) is 16.5. The van der Waals surface area contributed by atoms with Gasteiger partial charge in [0.2, 0.25) is 11.8 Å². The standard InChI is InChI=1S/C25H25NO2.C17H17NO/c1-28-24-14-9-20(10-15-24)18-26-23(13-16-25(26)27)17-19-7-11-22(12-8-19)21-5-3-2-4-6-21;19-17-11-10-16(18-17)12-13-6-8-15(9-7-13)14-4-2-1-3-5-14/h2-12,14-15,23H,13,16-18H2,1H3;1-9,16H,10-12H2,(H,18,19)/t23-;16-/m00/s1. The van der Waals surface area contributed by atoms with E-state index in [2.05, 4.69) is 102 Å². The predicted molar refractivity (Wildman–Crippen MR) is 189 cm³/mol. The number of likely N-dealkylation sites (tertiary alicyclic amines) is 1. The second kappa shape index (κ2) is 15.4. The Labute approximate surface area is 278 Å². The Balaban J connectivity index is 0.000000177. The number of nitrogens with zero attached hydrogens (tertiary/aromatic N) is 1. The van der Waals surface area contributed by atoms with Gasteiger partial charge in [-0.15, -0.1) is 0 Å². The Hall–Kier alpha value is -5.16. The Bertz CT molecular complexity index is 1730. The molecule has 0 spiro atoms. The molecule has 47 heavy (non-hydrogen) atoms. The molecule has 0 unspecified atom stereocenters. The zero-order valence-electron chi connectivity index (χ0n) is 27.0. The minimum atomic E-state index is 0.186. The lowest BCUT2D eigenvalue weighted by molar-refractivity contribution is -0.129. The highest BCUT2D eigenvalue weighted by molar-refractivity contribution is 5.79. The summed E-state index contributed by atoms with van der Waals surface area (Å²) < 4.78 is 5.22. The van der Waals surface area contributed by atoms with Crippen molar-refractivity contribution in [3.8, 4) is 28.0 Å². The highest BCUT2D eigenvalue weighted by Crippen LogP contribution is 2.27. The average Bonchev–Trinajstić information content (AvgIpc) is 3.70. The number of benzene rings is 5. The molecular formula is C42H42N2O3. The monoisotopic (exact) mass is 622 g/mol. The van der Waals surface area contributed by atoms with E-state index in [1.165, 1.54) is 33.4 Å². The maximum absolute atomic E-state index is 12.4. The number of carbonyl (C=O) groups is 2. The molecule has 0 radical (unpaired) electrons. The second-order valence-corrected chi connectivity index (χ2v) is 12.4. The van der Waals surface area contributed by atoms with Crippen LogP contribution in [0.3, 0.4) is 0 Å². The summed E-state index contributed by atoms with van der Waals surface area (Å²) in [7, 11) is 1.66. The Kier molecular flexibility index (Phi) is 10.4. The van der Waals surface area contributed by atoms with Crippen molar-refractivity contribution >= 4 is 11.8 Å². The number of methoxy groups -OCH3 is 1. The van der Waals surface area contributed by atoms with Crippen LogP contribution in [-0.2, 0) is 29.0 Å². The van der Waals surface area contributed by atoms with Gasteiger partial charge in [-0.25, -0.2) is 0 Å². The smallest absolute Gasteiger partial charge is 0.223 e. The maximum atomic E-state index is 12.4. The number of hydrogen-bond donors (Lipinski definition) is 1. The maximum Gasteiger partial charge on any atom is 0.223 e. The number of ether oxygens (including phenoxy) is 1. The quantitative estimate of drug-likeness (QED) is 0.180. The summed E-state index contributed by atoms with van der Waals surface area (Å²) in [5.74, 6) is 1.28. The molecule has 5 aromatic rings. The molecule has 0 saturated carbocycles. The molecule has 238 valence electrons. The lowest BCUT2D eigenvalue weighted by atomic mass is 9.99. The first kappa shape index (κ1) is 31.8. The van der Waals surface area contributed by atoms with E-state index >= 15 is 0 Å². The van der Waals surface area contributed by atoms with Gasteiger partial charge in [-0.3, -0.25) is 9.59 Å². The number of carbonyl (C=O) groups excluding carboxylic acids is 2. The third-order valence-corrected chi connectivity index (χ3v) is 9.13. The van der Waals surface area contributed by atoms with Gasteiger partial charge in [0.1, 0.15) is 5.75 Å². The Morgan fingerprint density at radius 1 is 0.596 bits per heavy atom. The minimum absolute atomic E-state index is 0.186. The van der Waals surface area contributed by atoms with Crippen LogP contribution in [0.5, 0.6) is 5.75 Å². The van der Waals surface area contributed by atoms with Crippen molar-refractivity contribution in [1.29, 1.82) is 0 Å². The van der Waals surface area contributed by atoms with Crippen LogP contribution in [0.15, 0.2) is 133 Å². The zero-order valence-corrected chi connectivity index (χ0v) is 27.0. The van der Waals surface area contributed by atoms with E-state index in [4.69, 9.17) is 4.74 Å². The molecule has 2 heterocycles. The van der Waals surface area contributed by atoms with Gasteiger partial charge in [0.15, 0.2) is 0 Å². The Morgan fingerprint density at radius 3 is 1.62 bits per heavy atom. The van der Waals surface area contributed by atoms with Crippen molar-refractivity contribution in [2.75, 3.05) is 7.11 Å². The first-order chi connectivity index (χ1) is 23.0. The van der Waals surface area contributed by atoms with Crippen molar-refractivity contribution in [2.45, 2.75) is 57.2 Å². The van der Waals surface area contributed by atoms with Crippen molar-refractivity contribution in [3.63, 3.8) is 0 Å². The normalized spacial score (nSPS) is 17.2. The SMILES string of the molecule is COc1ccc(CN2C(=O)CC[C@H]2Cc2ccc(-c3ccccc3)cc2)cc1.O=C1CC[C@@H](Cc2ccc(-c3ccccc3)cc2)N1. The fourth-order valence-electron chi connectivity index (χ4n) is 6.47. The largest absolute Gasteiger partial charge is 0.497 e. The van der Waals surface area contributed by atoms with Gasteiger partial charge in [0.25, 0.3) is 0 Å². The highest BCUT2D eigenvalue weighted by Gasteiger charge is 2.30. The first-order valence-electron chi connectivity index (χ1n) is 16.5. The molecule has 5 heteroatoms. The lowest BCUT2D eigenvalue weighted by Gasteiger charge is -2.25. The van der Waals surface area contributed by atoms with Crippen LogP contribution in [0, 0.1) is 0 Å². The summed E-state index contributed by atoms with van der Waals surface area (Å²) in [4.78, 5) is 25.6. The van der Waals surface area contributed by atoms with Crippen LogP contribution in [0.25, 0.3) is 22.3 Å². The fourth-order valence-corrected chi connectivity index (χ4v) is 6.47. The highest BCUT2D eigenvalue weighted by atomic mass is 16.5. The van der Waals surface area contributed by atoms with Crippen molar-refractivity contribution in [1.82, 2.24) is 10.2 Å². The topological polar surface area (TPSA) is 58.6 Å². The second-order valence-electron chi connectivity index (χ2n) is 12.4. The van der Waals surface area contributed by atoms with Crippen LogP contribution in [0.2, 0.25) is 0 Å². The van der Waals surface area contributed by atoms with Gasteiger partial charge in [-0.2, -0.15) is 0 Å². The van der Waals surface area contributed by atoms with Gasteiger partial charge in [0, 0.05) is 31.5 Å². The summed E-state index contributed by atoms with van der Waals surface area (Å²) in [5, 5.41) is 3.01. The number of hydrogen-bond acceptors (Lipinski definition) is 3. The molecule has 2 aliphatic heterocycles. The fraction of sp³-hybridized carbons (Fsp3) is 0.238. The van der Waals surface area contributed by atoms with E-state index in [1.54, 1.807) is 7.11 Å². The molecule has 2 fully saturated rings. The van der Waals surface area contributed by atoms with E-state index in [0.717, 1.165) is 37.0 Å². The van der Waals surface area contributed by atoms with E-state index in [1.807, 2.05) is 41.3 Å². The van der Waals surface area contributed by atoms with Gasteiger partial charge in [-0.05, 0) is 76.8 Å². The van der Waals surface area contributed by atoms with Crippen LogP contribution < -0.4 is 10.1 Å². The molecule has 7 rings (SSSR count). The average molecular weight is 623 g/mol.